The van der Waals surface area contributed by atoms with Crippen LogP contribution in [-0.4, -0.2) is 39.8 Å². The number of carbonyl (C=O) groups excluding carboxylic acids is 2. The molecule has 36 heavy (non-hydrogen) atoms. The first-order valence-corrected chi connectivity index (χ1v) is 13.4. The topological polar surface area (TPSA) is 102 Å². The van der Waals surface area contributed by atoms with Gasteiger partial charge in [0.1, 0.15) is 5.75 Å². The van der Waals surface area contributed by atoms with Crippen LogP contribution in [0.5, 0.6) is 5.75 Å². The van der Waals surface area contributed by atoms with Crippen molar-refractivity contribution >= 4 is 33.3 Å². The van der Waals surface area contributed by atoms with E-state index in [1.807, 2.05) is 37.3 Å². The molecule has 8 nitrogen and oxygen atoms in total. The molecule has 3 aromatic carbocycles. The molecule has 0 atom stereocenters. The van der Waals surface area contributed by atoms with Gasteiger partial charge < -0.3 is 14.8 Å². The minimum Gasteiger partial charge on any atom is -0.484 e. The monoisotopic (exact) mass is 510 g/mol. The van der Waals surface area contributed by atoms with Gasteiger partial charge in [-0.3, -0.25) is 9.10 Å². The van der Waals surface area contributed by atoms with Gasteiger partial charge in [-0.05, 0) is 60.5 Å². The third-order valence-corrected chi connectivity index (χ3v) is 6.34. The lowest BCUT2D eigenvalue weighted by molar-refractivity contribution is -0.118. The molecule has 0 bridgehead atoms. The van der Waals surface area contributed by atoms with Crippen molar-refractivity contribution < 1.29 is 27.5 Å². The van der Waals surface area contributed by atoms with Gasteiger partial charge in [0, 0.05) is 5.69 Å². The number of amides is 1. The first-order chi connectivity index (χ1) is 17.3. The standard InChI is InChI=1S/C27H30N2O6S/c1-3-4-18-34-27(31)22-10-12-23(13-11-22)28-26(30)20-35-25-16-14-24(15-17-25)29(36(2,32)33)19-21-8-6-5-7-9-21/h5-17H,3-4,18-20H2,1-2H3,(H,28,30). The van der Waals surface area contributed by atoms with Crippen LogP contribution in [0.2, 0.25) is 0 Å². The zero-order valence-electron chi connectivity index (χ0n) is 20.3. The van der Waals surface area contributed by atoms with Gasteiger partial charge in [0.05, 0.1) is 30.7 Å². The highest BCUT2D eigenvalue weighted by Crippen LogP contribution is 2.24. The van der Waals surface area contributed by atoms with Crippen LogP contribution in [0.15, 0.2) is 78.9 Å². The summed E-state index contributed by atoms with van der Waals surface area (Å²) >= 11 is 0. The number of nitrogens with zero attached hydrogens (tertiary/aromatic N) is 1. The fraction of sp³-hybridized carbons (Fsp3) is 0.259. The summed E-state index contributed by atoms with van der Waals surface area (Å²) in [5.74, 6) is -0.349. The van der Waals surface area contributed by atoms with Gasteiger partial charge in [-0.2, -0.15) is 0 Å². The van der Waals surface area contributed by atoms with Crippen molar-refractivity contribution in [3.63, 3.8) is 0 Å². The molecule has 0 spiro atoms. The molecule has 0 saturated carbocycles. The van der Waals surface area contributed by atoms with Gasteiger partial charge in [-0.25, -0.2) is 13.2 Å². The molecule has 3 aromatic rings. The van der Waals surface area contributed by atoms with Crippen LogP contribution in [0.3, 0.4) is 0 Å². The molecule has 0 aliphatic rings. The summed E-state index contributed by atoms with van der Waals surface area (Å²) < 4.78 is 36.7. The maximum Gasteiger partial charge on any atom is 0.338 e. The van der Waals surface area contributed by atoms with Crippen LogP contribution in [0, 0.1) is 0 Å². The van der Waals surface area contributed by atoms with E-state index in [9.17, 15) is 18.0 Å². The zero-order chi connectivity index (χ0) is 26.0. The van der Waals surface area contributed by atoms with Crippen molar-refractivity contribution in [3.05, 3.63) is 90.0 Å². The number of sulfonamides is 1. The van der Waals surface area contributed by atoms with Crippen LogP contribution in [0.25, 0.3) is 0 Å². The number of anilines is 2. The van der Waals surface area contributed by atoms with Crippen LogP contribution >= 0.6 is 0 Å². The summed E-state index contributed by atoms with van der Waals surface area (Å²) in [6.45, 7) is 2.37. The van der Waals surface area contributed by atoms with Gasteiger partial charge in [0.25, 0.3) is 5.91 Å². The summed E-state index contributed by atoms with van der Waals surface area (Å²) in [5, 5.41) is 2.70. The molecule has 0 saturated heterocycles. The number of carbonyl (C=O) groups is 2. The summed E-state index contributed by atoms with van der Waals surface area (Å²) in [5.41, 5.74) is 2.29. The second-order valence-electron chi connectivity index (χ2n) is 8.15. The Bertz CT molecular complexity index is 1240. The maximum absolute atomic E-state index is 12.3. The van der Waals surface area contributed by atoms with Crippen molar-refractivity contribution in [1.82, 2.24) is 0 Å². The van der Waals surface area contributed by atoms with Crippen LogP contribution in [0.1, 0.15) is 35.7 Å². The number of ether oxygens (including phenoxy) is 2. The molecule has 0 aliphatic heterocycles. The molecule has 0 unspecified atom stereocenters. The van der Waals surface area contributed by atoms with Crippen LogP contribution < -0.4 is 14.4 Å². The van der Waals surface area contributed by atoms with Gasteiger partial charge in [-0.1, -0.05) is 43.7 Å². The van der Waals surface area contributed by atoms with E-state index in [1.54, 1.807) is 48.5 Å². The quantitative estimate of drug-likeness (QED) is 0.282. The number of esters is 1. The number of hydrogen-bond acceptors (Lipinski definition) is 6. The lowest BCUT2D eigenvalue weighted by atomic mass is 10.2. The van der Waals surface area contributed by atoms with E-state index in [2.05, 4.69) is 5.32 Å². The molecule has 1 amide bonds. The molecule has 190 valence electrons. The zero-order valence-corrected chi connectivity index (χ0v) is 21.2. The number of hydrogen-bond donors (Lipinski definition) is 1. The number of benzene rings is 3. The van der Waals surface area contributed by atoms with Gasteiger partial charge in [-0.15, -0.1) is 0 Å². The van der Waals surface area contributed by atoms with Crippen LogP contribution in [0.4, 0.5) is 11.4 Å². The average molecular weight is 511 g/mol. The normalized spacial score (nSPS) is 10.9. The fourth-order valence-corrected chi connectivity index (χ4v) is 4.17. The van der Waals surface area contributed by atoms with Crippen molar-refractivity contribution in [2.45, 2.75) is 26.3 Å². The number of rotatable bonds is 12. The van der Waals surface area contributed by atoms with E-state index >= 15 is 0 Å². The average Bonchev–Trinajstić information content (AvgIpc) is 2.87. The number of nitrogens with one attached hydrogen (secondary N) is 1. The molecule has 0 heterocycles. The predicted molar refractivity (Wildman–Crippen MR) is 140 cm³/mol. The molecular weight excluding hydrogens is 480 g/mol. The first-order valence-electron chi connectivity index (χ1n) is 11.6. The first kappa shape index (κ1) is 26.7. The molecule has 0 aliphatic carbocycles. The van der Waals surface area contributed by atoms with E-state index in [4.69, 9.17) is 9.47 Å². The van der Waals surface area contributed by atoms with Crippen molar-refractivity contribution in [2.75, 3.05) is 29.1 Å². The highest BCUT2D eigenvalue weighted by atomic mass is 32.2. The Labute approximate surface area is 211 Å². The lowest BCUT2D eigenvalue weighted by Gasteiger charge is -2.22. The van der Waals surface area contributed by atoms with Crippen molar-refractivity contribution in [3.8, 4) is 5.75 Å². The third kappa shape index (κ3) is 8.13. The van der Waals surface area contributed by atoms with Crippen molar-refractivity contribution in [2.24, 2.45) is 0 Å². The van der Waals surface area contributed by atoms with E-state index in [-0.39, 0.29) is 19.1 Å². The Kier molecular flexibility index (Phi) is 9.46. The highest BCUT2D eigenvalue weighted by Gasteiger charge is 2.18. The van der Waals surface area contributed by atoms with Gasteiger partial charge in [0.2, 0.25) is 10.0 Å². The van der Waals surface area contributed by atoms with Gasteiger partial charge in [0.15, 0.2) is 6.61 Å². The second kappa shape index (κ2) is 12.7. The molecule has 3 rings (SSSR count). The third-order valence-electron chi connectivity index (χ3n) is 5.20. The Balaban J connectivity index is 1.53. The highest BCUT2D eigenvalue weighted by molar-refractivity contribution is 7.92. The largest absolute Gasteiger partial charge is 0.484 e. The molecular formula is C27H30N2O6S. The fourth-order valence-electron chi connectivity index (χ4n) is 3.29. The van der Waals surface area contributed by atoms with E-state index in [0.29, 0.717) is 29.3 Å². The lowest BCUT2D eigenvalue weighted by Crippen LogP contribution is -2.29. The molecule has 0 fully saturated rings. The maximum atomic E-state index is 12.3. The molecule has 0 aromatic heterocycles. The Morgan fingerprint density at radius 2 is 1.58 bits per heavy atom. The summed E-state index contributed by atoms with van der Waals surface area (Å²) in [6.07, 6.45) is 2.91. The Morgan fingerprint density at radius 3 is 2.19 bits per heavy atom. The summed E-state index contributed by atoms with van der Waals surface area (Å²) in [6, 6.07) is 22.2. The van der Waals surface area contributed by atoms with Crippen molar-refractivity contribution in [1.29, 1.82) is 0 Å². The number of unbranched alkanes of at least 4 members (excludes halogenated alkanes) is 1. The smallest absolute Gasteiger partial charge is 0.338 e. The van der Waals surface area contributed by atoms with Gasteiger partial charge >= 0.3 is 5.97 Å². The molecule has 9 heteroatoms. The van der Waals surface area contributed by atoms with E-state index in [0.717, 1.165) is 24.7 Å². The second-order valence-corrected chi connectivity index (χ2v) is 10.1. The van der Waals surface area contributed by atoms with E-state index < -0.39 is 16.0 Å². The Hall–Kier alpha value is -3.85. The minimum absolute atomic E-state index is 0.206. The Morgan fingerprint density at radius 1 is 0.917 bits per heavy atom. The molecule has 1 N–H and O–H groups in total. The SMILES string of the molecule is CCCCOC(=O)c1ccc(NC(=O)COc2ccc(N(Cc3ccccc3)S(C)(=O)=O)cc2)cc1. The minimum atomic E-state index is -3.50. The summed E-state index contributed by atoms with van der Waals surface area (Å²) in [4.78, 5) is 24.2. The molecule has 0 radical (unpaired) electrons. The summed E-state index contributed by atoms with van der Waals surface area (Å²) in [7, 11) is -3.50. The van der Waals surface area contributed by atoms with Crippen LogP contribution in [-0.2, 0) is 26.1 Å². The van der Waals surface area contributed by atoms with E-state index in [1.165, 1.54) is 4.31 Å². The predicted octanol–water partition coefficient (Wildman–Crippen LogP) is 4.63.